The van der Waals surface area contributed by atoms with Gasteiger partial charge in [0.1, 0.15) is 5.82 Å². The van der Waals surface area contributed by atoms with Crippen molar-refractivity contribution in [2.45, 2.75) is 32.1 Å². The van der Waals surface area contributed by atoms with Gasteiger partial charge in [-0.25, -0.2) is 4.98 Å². The van der Waals surface area contributed by atoms with Crippen molar-refractivity contribution in [2.24, 2.45) is 5.92 Å². The van der Waals surface area contributed by atoms with Gasteiger partial charge in [-0.15, -0.1) is 0 Å². The molecule has 1 aromatic carbocycles. The smallest absolute Gasteiger partial charge is 0.306 e. The van der Waals surface area contributed by atoms with Crippen molar-refractivity contribution >= 4 is 40.1 Å². The number of piperidine rings is 1. The van der Waals surface area contributed by atoms with E-state index in [-0.39, 0.29) is 18.5 Å². The number of rotatable bonds is 7. The number of esters is 1. The highest BCUT2D eigenvalue weighted by Crippen LogP contribution is 2.31. The molecule has 1 aliphatic heterocycles. The predicted molar refractivity (Wildman–Crippen MR) is 111 cm³/mol. The number of benzene rings is 1. The van der Waals surface area contributed by atoms with Crippen LogP contribution in [0.15, 0.2) is 30.5 Å². The Morgan fingerprint density at radius 1 is 1.29 bits per heavy atom. The number of anilines is 1. The van der Waals surface area contributed by atoms with E-state index < -0.39 is 0 Å². The number of likely N-dealkylation sites (N-methyl/N-ethyl adjacent to an activating group) is 1. The second kappa shape index (κ2) is 9.73. The average molecular weight is 404 g/mol. The average Bonchev–Trinajstić information content (AvgIpc) is 2.72. The Kier molecular flexibility index (Phi) is 7.09. The van der Waals surface area contributed by atoms with Crippen LogP contribution in [0.4, 0.5) is 5.82 Å². The van der Waals surface area contributed by atoms with E-state index in [9.17, 15) is 9.59 Å². The summed E-state index contributed by atoms with van der Waals surface area (Å²) < 4.78 is 4.93. The number of aromatic nitrogens is 1. The standard InChI is InChI=1S/C21H26ClN3O3/c1-23-19(26)14-28-20(27)4-2-3-15-8-11-25(12-9-15)21-18-13-17(22)6-5-16(18)7-10-24-21/h5-7,10,13,15H,2-4,8-9,11-12,14H2,1H3,(H,23,26). The molecule has 0 atom stereocenters. The first-order valence-corrected chi connectivity index (χ1v) is 10.1. The van der Waals surface area contributed by atoms with Crippen LogP contribution < -0.4 is 10.2 Å². The van der Waals surface area contributed by atoms with Gasteiger partial charge in [0.25, 0.3) is 5.91 Å². The zero-order valence-corrected chi connectivity index (χ0v) is 16.9. The first kappa shape index (κ1) is 20.4. The van der Waals surface area contributed by atoms with Crippen molar-refractivity contribution in [3.63, 3.8) is 0 Å². The summed E-state index contributed by atoms with van der Waals surface area (Å²) in [4.78, 5) is 29.7. The summed E-state index contributed by atoms with van der Waals surface area (Å²) in [5.74, 6) is 1.000. The minimum absolute atomic E-state index is 0.199. The molecule has 1 amide bonds. The quantitative estimate of drug-likeness (QED) is 0.715. The Hall–Kier alpha value is -2.34. The molecular weight excluding hydrogens is 378 g/mol. The number of halogens is 1. The fourth-order valence-electron chi connectivity index (χ4n) is 3.64. The van der Waals surface area contributed by atoms with E-state index in [2.05, 4.69) is 15.2 Å². The Bertz CT molecular complexity index is 835. The van der Waals surface area contributed by atoms with Gasteiger partial charge in [0, 0.05) is 43.2 Å². The third-order valence-electron chi connectivity index (χ3n) is 5.26. The maximum Gasteiger partial charge on any atom is 0.306 e. The van der Waals surface area contributed by atoms with Crippen LogP contribution in [0, 0.1) is 5.92 Å². The molecule has 28 heavy (non-hydrogen) atoms. The number of hydrogen-bond acceptors (Lipinski definition) is 5. The molecule has 1 aliphatic rings. The van der Waals surface area contributed by atoms with E-state index in [1.165, 1.54) is 7.05 Å². The number of pyridine rings is 1. The second-order valence-corrected chi connectivity index (χ2v) is 7.59. The number of amides is 1. The Balaban J connectivity index is 1.46. The molecule has 3 rings (SSSR count). The Labute approximate surface area is 170 Å². The molecule has 0 radical (unpaired) electrons. The first-order valence-electron chi connectivity index (χ1n) is 9.72. The zero-order valence-electron chi connectivity index (χ0n) is 16.1. The fraction of sp³-hybridized carbons (Fsp3) is 0.476. The Morgan fingerprint density at radius 2 is 2.07 bits per heavy atom. The Morgan fingerprint density at radius 3 is 2.82 bits per heavy atom. The SMILES string of the molecule is CNC(=O)COC(=O)CCCC1CCN(c2nccc3ccc(Cl)cc23)CC1. The maximum atomic E-state index is 11.7. The summed E-state index contributed by atoms with van der Waals surface area (Å²) in [5, 5.41) is 5.38. The number of ether oxygens (including phenoxy) is 1. The monoisotopic (exact) mass is 403 g/mol. The van der Waals surface area contributed by atoms with Crippen molar-refractivity contribution in [1.82, 2.24) is 10.3 Å². The maximum absolute atomic E-state index is 11.7. The van der Waals surface area contributed by atoms with Gasteiger partial charge in [-0.1, -0.05) is 17.7 Å². The number of nitrogens with one attached hydrogen (secondary N) is 1. The van der Waals surface area contributed by atoms with E-state index in [1.54, 1.807) is 0 Å². The number of hydrogen-bond donors (Lipinski definition) is 1. The highest BCUT2D eigenvalue weighted by molar-refractivity contribution is 6.31. The minimum Gasteiger partial charge on any atom is -0.456 e. The summed E-state index contributed by atoms with van der Waals surface area (Å²) in [6.07, 6.45) is 6.15. The van der Waals surface area contributed by atoms with Gasteiger partial charge in [-0.05, 0) is 55.2 Å². The van der Waals surface area contributed by atoms with Gasteiger partial charge >= 0.3 is 5.97 Å². The number of carbonyl (C=O) groups is 2. The van der Waals surface area contributed by atoms with Crippen molar-refractivity contribution in [3.05, 3.63) is 35.5 Å². The van der Waals surface area contributed by atoms with E-state index in [1.807, 2.05) is 30.5 Å². The van der Waals surface area contributed by atoms with Crippen LogP contribution in [0.2, 0.25) is 5.02 Å². The van der Waals surface area contributed by atoms with Gasteiger partial charge in [0.15, 0.2) is 6.61 Å². The molecule has 1 fully saturated rings. The number of fused-ring (bicyclic) bond motifs is 1. The van der Waals surface area contributed by atoms with Crippen LogP contribution in [0.5, 0.6) is 0 Å². The summed E-state index contributed by atoms with van der Waals surface area (Å²) >= 11 is 6.18. The molecule has 0 aliphatic carbocycles. The van der Waals surface area contributed by atoms with Gasteiger partial charge in [0.05, 0.1) is 0 Å². The van der Waals surface area contributed by atoms with E-state index >= 15 is 0 Å². The lowest BCUT2D eigenvalue weighted by Gasteiger charge is -2.33. The summed E-state index contributed by atoms with van der Waals surface area (Å²) in [6, 6.07) is 7.92. The summed E-state index contributed by atoms with van der Waals surface area (Å²) in [7, 11) is 1.52. The molecule has 0 saturated carbocycles. The molecule has 6 nitrogen and oxygen atoms in total. The van der Waals surface area contributed by atoms with Crippen molar-refractivity contribution < 1.29 is 14.3 Å². The fourth-order valence-corrected chi connectivity index (χ4v) is 3.81. The molecule has 0 spiro atoms. The van der Waals surface area contributed by atoms with Crippen LogP contribution in [-0.4, -0.2) is 43.6 Å². The third-order valence-corrected chi connectivity index (χ3v) is 5.49. The minimum atomic E-state index is -0.308. The molecule has 150 valence electrons. The number of carbonyl (C=O) groups excluding carboxylic acids is 2. The lowest BCUT2D eigenvalue weighted by Crippen LogP contribution is -2.34. The second-order valence-electron chi connectivity index (χ2n) is 7.16. The van der Waals surface area contributed by atoms with E-state index in [4.69, 9.17) is 16.3 Å². The van der Waals surface area contributed by atoms with E-state index in [0.29, 0.717) is 12.3 Å². The molecule has 0 unspecified atom stereocenters. The third kappa shape index (κ3) is 5.35. The van der Waals surface area contributed by atoms with Crippen molar-refractivity contribution in [1.29, 1.82) is 0 Å². The number of nitrogens with zero attached hydrogens (tertiary/aromatic N) is 2. The van der Waals surface area contributed by atoms with Gasteiger partial charge in [-0.3, -0.25) is 9.59 Å². The molecule has 1 aromatic heterocycles. The van der Waals surface area contributed by atoms with Crippen LogP contribution >= 0.6 is 11.6 Å². The summed E-state index contributed by atoms with van der Waals surface area (Å²) in [5.41, 5.74) is 0. The van der Waals surface area contributed by atoms with Crippen molar-refractivity contribution in [2.75, 3.05) is 31.6 Å². The highest BCUT2D eigenvalue weighted by Gasteiger charge is 2.21. The topological polar surface area (TPSA) is 71.5 Å². The van der Waals surface area contributed by atoms with Crippen molar-refractivity contribution in [3.8, 4) is 0 Å². The van der Waals surface area contributed by atoms with Gasteiger partial charge in [0.2, 0.25) is 0 Å². The molecule has 2 aromatic rings. The van der Waals surface area contributed by atoms with Gasteiger partial charge < -0.3 is 15.0 Å². The summed E-state index contributed by atoms with van der Waals surface area (Å²) in [6.45, 7) is 1.70. The molecule has 1 N–H and O–H groups in total. The van der Waals surface area contributed by atoms with Crippen LogP contribution in [0.25, 0.3) is 10.8 Å². The lowest BCUT2D eigenvalue weighted by molar-refractivity contribution is -0.148. The molecule has 2 heterocycles. The normalized spacial score (nSPS) is 14.9. The molecule has 1 saturated heterocycles. The largest absolute Gasteiger partial charge is 0.456 e. The lowest BCUT2D eigenvalue weighted by atomic mass is 9.91. The van der Waals surface area contributed by atoms with Crippen LogP contribution in [0.3, 0.4) is 0 Å². The van der Waals surface area contributed by atoms with Crippen LogP contribution in [0.1, 0.15) is 32.1 Å². The molecular formula is C21H26ClN3O3. The predicted octanol–water partition coefficient (Wildman–Crippen LogP) is 3.56. The molecule has 7 heteroatoms. The first-order chi connectivity index (χ1) is 13.6. The zero-order chi connectivity index (χ0) is 19.9. The van der Waals surface area contributed by atoms with Gasteiger partial charge in [-0.2, -0.15) is 0 Å². The van der Waals surface area contributed by atoms with E-state index in [0.717, 1.165) is 60.4 Å². The van der Waals surface area contributed by atoms with Crippen LogP contribution in [-0.2, 0) is 14.3 Å². The highest BCUT2D eigenvalue weighted by atomic mass is 35.5. The molecule has 0 bridgehead atoms.